The number of nitrogens with zero attached hydrogens (tertiary/aromatic N) is 1. The minimum Gasteiger partial charge on any atom is -0.370 e. The van der Waals surface area contributed by atoms with Gasteiger partial charge in [-0.05, 0) is 12.6 Å². The second-order valence-corrected chi connectivity index (χ2v) is 3.96. The van der Waals surface area contributed by atoms with Crippen LogP contribution in [0.4, 0.5) is 0 Å². The Kier molecular flexibility index (Phi) is 4.95. The summed E-state index contributed by atoms with van der Waals surface area (Å²) in [5.74, 6) is -0.310. The van der Waals surface area contributed by atoms with Crippen LogP contribution in [0.25, 0.3) is 0 Å². The molecule has 4 N–H and O–H groups in total. The van der Waals surface area contributed by atoms with Gasteiger partial charge in [-0.3, -0.25) is 9.69 Å². The van der Waals surface area contributed by atoms with Crippen molar-refractivity contribution >= 4 is 5.91 Å². The van der Waals surface area contributed by atoms with Crippen LogP contribution in [0.3, 0.4) is 0 Å². The molecule has 0 saturated heterocycles. The molecule has 0 aliphatic heterocycles. The molecule has 0 aliphatic carbocycles. The molecule has 1 unspecified atom stereocenters. The second-order valence-electron chi connectivity index (χ2n) is 3.96. The zero-order chi connectivity index (χ0) is 12.0. The maximum Gasteiger partial charge on any atom is 0.219 e. The lowest BCUT2D eigenvalue weighted by Gasteiger charge is -2.25. The first-order chi connectivity index (χ1) is 7.63. The molecule has 1 amide bonds. The molecule has 0 heterocycles. The standard InChI is InChI=1S/C12H19N3O/c1-15(11(8-13)7-12(14)16)9-10-5-3-2-4-6-10/h2-6,11H,7-9,13H2,1H3,(H2,14,16). The van der Waals surface area contributed by atoms with Crippen LogP contribution in [0.1, 0.15) is 12.0 Å². The van der Waals surface area contributed by atoms with E-state index in [1.165, 1.54) is 5.56 Å². The number of benzene rings is 1. The van der Waals surface area contributed by atoms with Gasteiger partial charge < -0.3 is 11.5 Å². The van der Waals surface area contributed by atoms with Gasteiger partial charge in [-0.1, -0.05) is 30.3 Å². The molecule has 4 heteroatoms. The first-order valence-corrected chi connectivity index (χ1v) is 5.36. The molecule has 88 valence electrons. The molecule has 0 aliphatic rings. The Morgan fingerprint density at radius 3 is 2.50 bits per heavy atom. The lowest BCUT2D eigenvalue weighted by molar-refractivity contribution is -0.119. The van der Waals surface area contributed by atoms with Crippen molar-refractivity contribution in [2.24, 2.45) is 11.5 Å². The van der Waals surface area contributed by atoms with Crippen LogP contribution in [0.2, 0.25) is 0 Å². The summed E-state index contributed by atoms with van der Waals surface area (Å²) in [6.45, 7) is 1.21. The van der Waals surface area contributed by atoms with Crippen LogP contribution in [-0.2, 0) is 11.3 Å². The number of nitrogens with two attached hydrogens (primary N) is 2. The van der Waals surface area contributed by atoms with Crippen molar-refractivity contribution in [3.8, 4) is 0 Å². The van der Waals surface area contributed by atoms with Gasteiger partial charge in [0.05, 0.1) is 0 Å². The van der Waals surface area contributed by atoms with Crippen LogP contribution in [-0.4, -0.2) is 30.4 Å². The fourth-order valence-electron chi connectivity index (χ4n) is 1.65. The highest BCUT2D eigenvalue weighted by Crippen LogP contribution is 2.07. The molecule has 4 nitrogen and oxygen atoms in total. The number of carbonyl (C=O) groups is 1. The van der Waals surface area contributed by atoms with Gasteiger partial charge in [-0.25, -0.2) is 0 Å². The number of likely N-dealkylation sites (N-methyl/N-ethyl adjacent to an activating group) is 1. The zero-order valence-electron chi connectivity index (χ0n) is 9.60. The Morgan fingerprint density at radius 2 is 2.00 bits per heavy atom. The number of amides is 1. The number of rotatable bonds is 6. The zero-order valence-corrected chi connectivity index (χ0v) is 9.60. The maximum absolute atomic E-state index is 10.9. The van der Waals surface area contributed by atoms with Crippen molar-refractivity contribution in [3.05, 3.63) is 35.9 Å². The largest absolute Gasteiger partial charge is 0.370 e. The van der Waals surface area contributed by atoms with Crippen molar-refractivity contribution in [2.75, 3.05) is 13.6 Å². The quantitative estimate of drug-likeness (QED) is 0.726. The van der Waals surface area contributed by atoms with E-state index >= 15 is 0 Å². The Bertz CT molecular complexity index is 326. The van der Waals surface area contributed by atoms with Gasteiger partial charge >= 0.3 is 0 Å². The molecular weight excluding hydrogens is 202 g/mol. The Hall–Kier alpha value is -1.39. The predicted octanol–water partition coefficient (Wildman–Crippen LogP) is 0.321. The summed E-state index contributed by atoms with van der Waals surface area (Å²) < 4.78 is 0. The average Bonchev–Trinajstić information content (AvgIpc) is 2.26. The number of primary amides is 1. The highest BCUT2D eigenvalue weighted by atomic mass is 16.1. The van der Waals surface area contributed by atoms with Crippen LogP contribution in [0, 0.1) is 0 Å². The first kappa shape index (κ1) is 12.7. The third kappa shape index (κ3) is 4.00. The topological polar surface area (TPSA) is 72.3 Å². The third-order valence-electron chi connectivity index (χ3n) is 2.61. The van der Waals surface area contributed by atoms with Gasteiger partial charge in [0.2, 0.25) is 5.91 Å². The molecule has 0 bridgehead atoms. The summed E-state index contributed by atoms with van der Waals surface area (Å²) in [7, 11) is 1.95. The molecule has 0 fully saturated rings. The number of hydrogen-bond acceptors (Lipinski definition) is 3. The van der Waals surface area contributed by atoms with Gasteiger partial charge in [0.1, 0.15) is 0 Å². The van der Waals surface area contributed by atoms with Gasteiger partial charge in [0.25, 0.3) is 0 Å². The molecule has 1 aromatic carbocycles. The van der Waals surface area contributed by atoms with E-state index in [9.17, 15) is 4.79 Å². The lowest BCUT2D eigenvalue weighted by Crippen LogP contribution is -2.40. The van der Waals surface area contributed by atoms with Gasteiger partial charge in [0.15, 0.2) is 0 Å². The molecule has 1 aromatic rings. The van der Waals surface area contributed by atoms with E-state index in [1.54, 1.807) is 0 Å². The van der Waals surface area contributed by atoms with Crippen LogP contribution >= 0.6 is 0 Å². The molecule has 0 saturated carbocycles. The van der Waals surface area contributed by atoms with E-state index in [2.05, 4.69) is 4.90 Å². The first-order valence-electron chi connectivity index (χ1n) is 5.36. The Balaban J connectivity index is 2.55. The smallest absolute Gasteiger partial charge is 0.219 e. The molecule has 1 atom stereocenters. The molecule has 0 spiro atoms. The molecular formula is C12H19N3O. The predicted molar refractivity (Wildman–Crippen MR) is 64.6 cm³/mol. The highest BCUT2D eigenvalue weighted by molar-refractivity contribution is 5.74. The Morgan fingerprint density at radius 1 is 1.38 bits per heavy atom. The summed E-state index contributed by atoms with van der Waals surface area (Å²) in [5, 5.41) is 0. The van der Waals surface area contributed by atoms with Crippen molar-refractivity contribution in [3.63, 3.8) is 0 Å². The van der Waals surface area contributed by atoms with Gasteiger partial charge in [-0.15, -0.1) is 0 Å². The number of hydrogen-bond donors (Lipinski definition) is 2. The van der Waals surface area contributed by atoms with Crippen molar-refractivity contribution in [1.82, 2.24) is 4.90 Å². The van der Waals surface area contributed by atoms with Crippen LogP contribution < -0.4 is 11.5 Å². The molecule has 0 aromatic heterocycles. The lowest BCUT2D eigenvalue weighted by atomic mass is 10.1. The van der Waals surface area contributed by atoms with Crippen LogP contribution in [0.15, 0.2) is 30.3 Å². The van der Waals surface area contributed by atoms with Crippen molar-refractivity contribution in [1.29, 1.82) is 0 Å². The van der Waals surface area contributed by atoms with E-state index in [1.807, 2.05) is 37.4 Å². The minimum absolute atomic E-state index is 0.0118. The third-order valence-corrected chi connectivity index (χ3v) is 2.61. The van der Waals surface area contributed by atoms with E-state index in [0.29, 0.717) is 13.0 Å². The monoisotopic (exact) mass is 221 g/mol. The normalized spacial score (nSPS) is 12.7. The highest BCUT2D eigenvalue weighted by Gasteiger charge is 2.15. The number of carbonyl (C=O) groups excluding carboxylic acids is 1. The van der Waals surface area contributed by atoms with Crippen LogP contribution in [0.5, 0.6) is 0 Å². The van der Waals surface area contributed by atoms with E-state index in [-0.39, 0.29) is 11.9 Å². The fourth-order valence-corrected chi connectivity index (χ4v) is 1.65. The van der Waals surface area contributed by atoms with E-state index in [0.717, 1.165) is 6.54 Å². The molecule has 16 heavy (non-hydrogen) atoms. The van der Waals surface area contributed by atoms with Gasteiger partial charge in [-0.2, -0.15) is 0 Å². The summed E-state index contributed by atoms with van der Waals surface area (Å²) in [6, 6.07) is 10.1. The summed E-state index contributed by atoms with van der Waals surface area (Å²) in [4.78, 5) is 12.9. The SMILES string of the molecule is CN(Cc1ccccc1)C(CN)CC(N)=O. The Labute approximate surface area is 96.2 Å². The van der Waals surface area contributed by atoms with E-state index in [4.69, 9.17) is 11.5 Å². The minimum atomic E-state index is -0.310. The van der Waals surface area contributed by atoms with Crippen molar-refractivity contribution in [2.45, 2.75) is 19.0 Å². The summed E-state index contributed by atoms with van der Waals surface area (Å²) in [6.07, 6.45) is 0.305. The average molecular weight is 221 g/mol. The van der Waals surface area contributed by atoms with Gasteiger partial charge in [0, 0.05) is 25.6 Å². The molecule has 1 rings (SSSR count). The van der Waals surface area contributed by atoms with Crippen molar-refractivity contribution < 1.29 is 4.79 Å². The second kappa shape index (κ2) is 6.25. The van der Waals surface area contributed by atoms with E-state index < -0.39 is 0 Å². The summed E-state index contributed by atoms with van der Waals surface area (Å²) in [5.41, 5.74) is 12.0. The maximum atomic E-state index is 10.9. The fraction of sp³-hybridized carbons (Fsp3) is 0.417. The molecule has 0 radical (unpaired) electrons. The summed E-state index contributed by atoms with van der Waals surface area (Å²) >= 11 is 0.